The Hall–Kier alpha value is -2.01. The first-order chi connectivity index (χ1) is 10.3. The third kappa shape index (κ3) is 2.35. The molecule has 0 unspecified atom stereocenters. The van der Waals surface area contributed by atoms with Crippen molar-refractivity contribution in [2.75, 3.05) is 4.90 Å². The number of fused-ring (bicyclic) bond motifs is 1. The molecule has 0 radical (unpaired) electrons. The number of aryl methyl sites for hydroxylation is 2. The smallest absolute Gasteiger partial charge is 0.271 e. The second-order valence-electron chi connectivity index (χ2n) is 5.92. The van der Waals surface area contributed by atoms with E-state index in [0.717, 1.165) is 11.3 Å². The number of carbonyl (C=O) groups excluding carboxylic acids is 1. The number of halogens is 1. The van der Waals surface area contributed by atoms with E-state index >= 15 is 0 Å². The highest BCUT2D eigenvalue weighted by Gasteiger charge is 2.41. The lowest BCUT2D eigenvalue weighted by molar-refractivity contribution is -0.132. The molecule has 0 bridgehead atoms. The average Bonchev–Trinajstić information content (AvgIpc) is 2.76. The predicted octanol–water partition coefficient (Wildman–Crippen LogP) is 3.65. The first-order valence-electron chi connectivity index (χ1n) is 7.02. The second-order valence-corrected chi connectivity index (χ2v) is 6.35. The predicted molar refractivity (Wildman–Crippen MR) is 83.3 cm³/mol. The van der Waals surface area contributed by atoms with E-state index in [1.54, 1.807) is 36.9 Å². The Morgan fingerprint density at radius 3 is 2.68 bits per heavy atom. The molecular formula is C16H17ClN2O3. The number of ether oxygens (including phenoxy) is 1. The van der Waals surface area contributed by atoms with Crippen molar-refractivity contribution in [2.45, 2.75) is 39.8 Å². The number of rotatable bonds is 2. The molecule has 0 aliphatic carbocycles. The number of amides is 1. The van der Waals surface area contributed by atoms with Gasteiger partial charge in [0.05, 0.1) is 17.9 Å². The van der Waals surface area contributed by atoms with Gasteiger partial charge >= 0.3 is 0 Å². The van der Waals surface area contributed by atoms with Gasteiger partial charge in [-0.2, -0.15) is 0 Å². The van der Waals surface area contributed by atoms with E-state index in [-0.39, 0.29) is 5.91 Å². The lowest BCUT2D eigenvalue weighted by Gasteiger charge is -2.38. The quantitative estimate of drug-likeness (QED) is 0.847. The van der Waals surface area contributed by atoms with E-state index in [1.807, 2.05) is 13.8 Å². The summed E-state index contributed by atoms with van der Waals surface area (Å²) in [4.78, 5) is 14.5. The van der Waals surface area contributed by atoms with Crippen LogP contribution in [0.5, 0.6) is 5.75 Å². The Balaban J connectivity index is 2.09. The monoisotopic (exact) mass is 320 g/mol. The molecule has 6 heteroatoms. The van der Waals surface area contributed by atoms with Crippen LogP contribution in [-0.2, 0) is 11.3 Å². The summed E-state index contributed by atoms with van der Waals surface area (Å²) in [6.45, 7) is 7.59. The highest BCUT2D eigenvalue weighted by molar-refractivity contribution is 6.31. The molecule has 0 saturated heterocycles. The standard InChI is InChI=1S/C16H17ClN2O3/c1-9-12(10(2)22-18-9)8-19-13-7-11(17)5-6-14(13)21-16(3,4)15(19)20/h5-7H,8H2,1-4H3. The molecule has 5 nitrogen and oxygen atoms in total. The van der Waals surface area contributed by atoms with E-state index in [4.69, 9.17) is 20.9 Å². The number of carbonyl (C=O) groups is 1. The van der Waals surface area contributed by atoms with E-state index in [2.05, 4.69) is 5.16 Å². The molecule has 2 heterocycles. The molecule has 1 aliphatic heterocycles. The fourth-order valence-corrected chi connectivity index (χ4v) is 2.75. The van der Waals surface area contributed by atoms with E-state index in [0.29, 0.717) is 28.8 Å². The van der Waals surface area contributed by atoms with Crippen molar-refractivity contribution >= 4 is 23.2 Å². The second kappa shape index (κ2) is 5.02. The molecule has 0 N–H and O–H groups in total. The Labute approximate surface area is 133 Å². The summed E-state index contributed by atoms with van der Waals surface area (Å²) in [5.41, 5.74) is 1.41. The zero-order chi connectivity index (χ0) is 16.1. The Morgan fingerprint density at radius 1 is 1.32 bits per heavy atom. The molecule has 1 amide bonds. The van der Waals surface area contributed by atoms with E-state index in [9.17, 15) is 4.79 Å². The zero-order valence-corrected chi connectivity index (χ0v) is 13.7. The van der Waals surface area contributed by atoms with Gasteiger partial charge in [-0.1, -0.05) is 16.8 Å². The fourth-order valence-electron chi connectivity index (χ4n) is 2.58. The molecule has 1 aromatic carbocycles. The van der Waals surface area contributed by atoms with Gasteiger partial charge in [0.1, 0.15) is 11.5 Å². The normalized spacial score (nSPS) is 16.4. The highest BCUT2D eigenvalue weighted by atomic mass is 35.5. The van der Waals surface area contributed by atoms with Gasteiger partial charge in [0.15, 0.2) is 5.60 Å². The lowest BCUT2D eigenvalue weighted by atomic mass is 10.0. The maximum Gasteiger partial charge on any atom is 0.271 e. The first-order valence-corrected chi connectivity index (χ1v) is 7.39. The zero-order valence-electron chi connectivity index (χ0n) is 12.9. The topological polar surface area (TPSA) is 55.6 Å². The number of benzene rings is 1. The SMILES string of the molecule is Cc1noc(C)c1CN1C(=O)C(C)(C)Oc2ccc(Cl)cc21. The van der Waals surface area contributed by atoms with Crippen molar-refractivity contribution in [3.63, 3.8) is 0 Å². The largest absolute Gasteiger partial charge is 0.476 e. The van der Waals surface area contributed by atoms with E-state index in [1.165, 1.54) is 0 Å². The molecule has 0 spiro atoms. The van der Waals surface area contributed by atoms with Crippen LogP contribution < -0.4 is 9.64 Å². The number of anilines is 1. The summed E-state index contributed by atoms with van der Waals surface area (Å²) in [6.07, 6.45) is 0. The number of hydrogen-bond donors (Lipinski definition) is 0. The van der Waals surface area contributed by atoms with Gasteiger partial charge in [-0.15, -0.1) is 0 Å². The highest BCUT2D eigenvalue weighted by Crippen LogP contribution is 2.40. The molecule has 1 aliphatic rings. The van der Waals surface area contributed by atoms with Crippen LogP contribution in [0.3, 0.4) is 0 Å². The van der Waals surface area contributed by atoms with Crippen molar-refractivity contribution in [3.05, 3.63) is 40.2 Å². The summed E-state index contributed by atoms with van der Waals surface area (Å²) < 4.78 is 11.0. The van der Waals surface area contributed by atoms with Crippen LogP contribution >= 0.6 is 11.6 Å². The molecule has 3 rings (SSSR count). The van der Waals surface area contributed by atoms with E-state index < -0.39 is 5.60 Å². The van der Waals surface area contributed by atoms with Crippen molar-refractivity contribution < 1.29 is 14.1 Å². The van der Waals surface area contributed by atoms with Gasteiger partial charge in [0.25, 0.3) is 5.91 Å². The Morgan fingerprint density at radius 2 is 2.05 bits per heavy atom. The minimum atomic E-state index is -0.931. The maximum atomic E-state index is 12.8. The summed E-state index contributed by atoms with van der Waals surface area (Å²) in [5.74, 6) is 1.22. The van der Waals surface area contributed by atoms with Crippen LogP contribution in [0.2, 0.25) is 5.02 Å². The average molecular weight is 321 g/mol. The van der Waals surface area contributed by atoms with Gasteiger partial charge in [-0.3, -0.25) is 4.79 Å². The van der Waals surface area contributed by atoms with Crippen LogP contribution in [0.1, 0.15) is 30.9 Å². The van der Waals surface area contributed by atoms with Crippen molar-refractivity contribution in [3.8, 4) is 5.75 Å². The number of nitrogens with zero attached hydrogens (tertiary/aromatic N) is 2. The third-order valence-electron chi connectivity index (χ3n) is 3.83. The molecule has 0 saturated carbocycles. The summed E-state index contributed by atoms with van der Waals surface area (Å²) >= 11 is 6.08. The van der Waals surface area contributed by atoms with Crippen molar-refractivity contribution in [1.29, 1.82) is 0 Å². The van der Waals surface area contributed by atoms with Gasteiger partial charge in [0.2, 0.25) is 0 Å². The summed E-state index contributed by atoms with van der Waals surface area (Å²) in [5, 5.41) is 4.50. The van der Waals surface area contributed by atoms with Crippen LogP contribution in [0.15, 0.2) is 22.7 Å². The van der Waals surface area contributed by atoms with Gasteiger partial charge in [-0.05, 0) is 45.9 Å². The summed E-state index contributed by atoms with van der Waals surface area (Å²) in [6, 6.07) is 5.27. The first kappa shape index (κ1) is 14.9. The minimum Gasteiger partial charge on any atom is -0.476 e. The molecule has 2 aromatic rings. The van der Waals surface area contributed by atoms with Gasteiger partial charge < -0.3 is 14.2 Å². The molecule has 0 fully saturated rings. The van der Waals surface area contributed by atoms with Crippen LogP contribution in [0.25, 0.3) is 0 Å². The number of aromatic nitrogens is 1. The molecule has 0 atom stereocenters. The number of hydrogen-bond acceptors (Lipinski definition) is 4. The van der Waals surface area contributed by atoms with Crippen LogP contribution in [-0.4, -0.2) is 16.7 Å². The van der Waals surface area contributed by atoms with Crippen LogP contribution in [0, 0.1) is 13.8 Å². The summed E-state index contributed by atoms with van der Waals surface area (Å²) in [7, 11) is 0. The third-order valence-corrected chi connectivity index (χ3v) is 4.07. The maximum absolute atomic E-state index is 12.8. The minimum absolute atomic E-state index is 0.123. The Kier molecular flexibility index (Phi) is 3.40. The molecule has 116 valence electrons. The van der Waals surface area contributed by atoms with Gasteiger partial charge in [-0.25, -0.2) is 0 Å². The fraction of sp³-hybridized carbons (Fsp3) is 0.375. The molecular weight excluding hydrogens is 304 g/mol. The van der Waals surface area contributed by atoms with Crippen LogP contribution in [0.4, 0.5) is 5.69 Å². The van der Waals surface area contributed by atoms with Gasteiger partial charge in [0, 0.05) is 10.6 Å². The molecule has 22 heavy (non-hydrogen) atoms. The molecule has 1 aromatic heterocycles. The van der Waals surface area contributed by atoms with Crippen molar-refractivity contribution in [2.24, 2.45) is 0 Å². The van der Waals surface area contributed by atoms with Crippen molar-refractivity contribution in [1.82, 2.24) is 5.16 Å². The Bertz CT molecular complexity index is 732. The lowest BCUT2D eigenvalue weighted by Crippen LogP contribution is -2.52.